The van der Waals surface area contributed by atoms with Gasteiger partial charge in [-0.05, 0) is 67.1 Å². The van der Waals surface area contributed by atoms with E-state index in [1.54, 1.807) is 32.4 Å². The lowest BCUT2D eigenvalue weighted by Crippen LogP contribution is -2.38. The van der Waals surface area contributed by atoms with Gasteiger partial charge in [0.15, 0.2) is 0 Å². The lowest BCUT2D eigenvalue weighted by molar-refractivity contribution is 0.371. The number of aromatic nitrogens is 2. The van der Waals surface area contributed by atoms with Crippen LogP contribution in [0.2, 0.25) is 0 Å². The average Bonchev–Trinajstić information content (AvgIpc) is 3.22. The number of ether oxygens (including phenoxy) is 2. The van der Waals surface area contributed by atoms with Crippen molar-refractivity contribution in [3.05, 3.63) is 68.4 Å². The summed E-state index contributed by atoms with van der Waals surface area (Å²) in [5.41, 5.74) is 2.52. The van der Waals surface area contributed by atoms with Crippen LogP contribution in [-0.4, -0.2) is 36.4 Å². The van der Waals surface area contributed by atoms with E-state index in [-0.39, 0.29) is 17.3 Å². The van der Waals surface area contributed by atoms with Crippen molar-refractivity contribution in [2.24, 2.45) is 5.92 Å². The second-order valence-electron chi connectivity index (χ2n) is 8.45. The molecule has 1 aliphatic carbocycles. The number of nitrogens with zero attached hydrogens (tertiary/aromatic N) is 1. The van der Waals surface area contributed by atoms with Crippen LogP contribution < -0.4 is 26.0 Å². The van der Waals surface area contributed by atoms with Gasteiger partial charge in [0.2, 0.25) is 0 Å². The van der Waals surface area contributed by atoms with Crippen LogP contribution in [0.1, 0.15) is 29.9 Å². The topological polar surface area (TPSA) is 85.3 Å². The Bertz CT molecular complexity index is 1250. The molecule has 5 rings (SSSR count). The van der Waals surface area contributed by atoms with Gasteiger partial charge in [-0.25, -0.2) is 4.79 Å². The highest BCUT2D eigenvalue weighted by atomic mass is 16.5. The van der Waals surface area contributed by atoms with E-state index in [0.29, 0.717) is 41.5 Å². The fourth-order valence-electron chi connectivity index (χ4n) is 5.43. The highest BCUT2D eigenvalue weighted by Gasteiger charge is 2.40. The first-order valence-corrected chi connectivity index (χ1v) is 10.8. The summed E-state index contributed by atoms with van der Waals surface area (Å²) >= 11 is 0. The third-order valence-electron chi connectivity index (χ3n) is 6.95. The number of hydrogen-bond acceptors (Lipinski definition) is 5. The lowest BCUT2D eigenvalue weighted by Gasteiger charge is -2.32. The third kappa shape index (κ3) is 3.33. The van der Waals surface area contributed by atoms with Crippen molar-refractivity contribution in [1.29, 1.82) is 0 Å². The number of rotatable bonds is 5. The van der Waals surface area contributed by atoms with Gasteiger partial charge < -0.3 is 19.8 Å². The molecule has 7 nitrogen and oxygen atoms in total. The van der Waals surface area contributed by atoms with E-state index in [4.69, 9.17) is 9.47 Å². The fraction of sp³-hybridized carbons (Fsp3) is 0.417. The fourth-order valence-corrected chi connectivity index (χ4v) is 5.43. The lowest BCUT2D eigenvalue weighted by atomic mass is 9.73. The van der Waals surface area contributed by atoms with E-state index < -0.39 is 0 Å². The molecule has 1 fully saturated rings. The Morgan fingerprint density at radius 3 is 2.81 bits per heavy atom. The van der Waals surface area contributed by atoms with Crippen LogP contribution in [0.15, 0.2) is 46.0 Å². The molecule has 1 saturated heterocycles. The predicted molar refractivity (Wildman–Crippen MR) is 119 cm³/mol. The Balaban J connectivity index is 1.44. The van der Waals surface area contributed by atoms with Gasteiger partial charge in [0.1, 0.15) is 11.5 Å². The molecule has 1 aromatic heterocycles. The molecule has 7 heteroatoms. The first-order valence-electron chi connectivity index (χ1n) is 10.8. The summed E-state index contributed by atoms with van der Waals surface area (Å²) in [6.07, 6.45) is 2.86. The van der Waals surface area contributed by atoms with E-state index in [1.165, 1.54) is 15.7 Å². The minimum absolute atomic E-state index is 0.212. The quantitative estimate of drug-likeness (QED) is 0.661. The molecule has 2 aliphatic rings. The molecule has 3 aromatic rings. The summed E-state index contributed by atoms with van der Waals surface area (Å²) in [6, 6.07) is 11.6. The van der Waals surface area contributed by atoms with Crippen LogP contribution in [-0.2, 0) is 13.0 Å². The molecule has 0 radical (unpaired) electrons. The largest absolute Gasteiger partial charge is 0.497 e. The van der Waals surface area contributed by atoms with Crippen molar-refractivity contribution in [1.82, 2.24) is 14.9 Å². The standard InChI is InChI=1S/C24H27N3O4/c1-30-15-7-9-19-18(12-15)23(28)27(24(29)26-19)11-10-20-22-14(13-25-20)6-8-16-17(22)4-3-5-21(16)31-2/h3-5,7,9,12,14,20,22,25H,6,8,10-11,13H2,1-2H3,(H,26,29). The Kier molecular flexibility index (Phi) is 5.06. The van der Waals surface area contributed by atoms with Gasteiger partial charge in [0.25, 0.3) is 5.56 Å². The van der Waals surface area contributed by atoms with E-state index in [1.807, 2.05) is 6.07 Å². The molecule has 0 saturated carbocycles. The van der Waals surface area contributed by atoms with Crippen LogP contribution >= 0.6 is 0 Å². The molecular weight excluding hydrogens is 394 g/mol. The van der Waals surface area contributed by atoms with E-state index in [9.17, 15) is 9.59 Å². The monoisotopic (exact) mass is 421 g/mol. The molecule has 2 aromatic carbocycles. The smallest absolute Gasteiger partial charge is 0.328 e. The minimum atomic E-state index is -0.372. The maximum atomic E-state index is 13.0. The Hall–Kier alpha value is -3.06. The maximum absolute atomic E-state index is 13.0. The van der Waals surface area contributed by atoms with Gasteiger partial charge in [-0.15, -0.1) is 0 Å². The van der Waals surface area contributed by atoms with Crippen LogP contribution in [0, 0.1) is 5.92 Å². The number of benzene rings is 2. The van der Waals surface area contributed by atoms with Crippen LogP contribution in [0.4, 0.5) is 0 Å². The molecule has 0 bridgehead atoms. The number of fused-ring (bicyclic) bond motifs is 4. The van der Waals surface area contributed by atoms with E-state index >= 15 is 0 Å². The van der Waals surface area contributed by atoms with Gasteiger partial charge in [-0.2, -0.15) is 0 Å². The Morgan fingerprint density at radius 2 is 2.00 bits per heavy atom. The highest BCUT2D eigenvalue weighted by Crippen LogP contribution is 2.45. The summed E-state index contributed by atoms with van der Waals surface area (Å²) in [5, 5.41) is 4.12. The SMILES string of the molecule is COc1ccc2[nH]c(=O)n(CCC3NCC4CCc5c(OC)cccc5C43)c(=O)c2c1. The number of aromatic amines is 1. The van der Waals surface area contributed by atoms with Crippen molar-refractivity contribution < 1.29 is 9.47 Å². The zero-order valence-electron chi connectivity index (χ0n) is 17.8. The van der Waals surface area contributed by atoms with Crippen LogP contribution in [0.25, 0.3) is 10.9 Å². The summed E-state index contributed by atoms with van der Waals surface area (Å²) in [4.78, 5) is 28.5. The summed E-state index contributed by atoms with van der Waals surface area (Å²) in [6.45, 7) is 1.33. The van der Waals surface area contributed by atoms with Gasteiger partial charge >= 0.3 is 5.69 Å². The van der Waals surface area contributed by atoms with E-state index in [0.717, 1.165) is 25.1 Å². The minimum Gasteiger partial charge on any atom is -0.497 e. The van der Waals surface area contributed by atoms with Crippen molar-refractivity contribution in [2.45, 2.75) is 37.8 Å². The summed E-state index contributed by atoms with van der Waals surface area (Å²) in [5.74, 6) is 2.49. The predicted octanol–water partition coefficient (Wildman–Crippen LogP) is 2.42. The molecular formula is C24H27N3O4. The van der Waals surface area contributed by atoms with Gasteiger partial charge in [0, 0.05) is 18.5 Å². The maximum Gasteiger partial charge on any atom is 0.328 e. The average molecular weight is 421 g/mol. The van der Waals surface area contributed by atoms with Crippen LogP contribution in [0.5, 0.6) is 11.5 Å². The van der Waals surface area contributed by atoms with Gasteiger partial charge in [0.05, 0.1) is 25.1 Å². The molecule has 3 atom stereocenters. The van der Waals surface area contributed by atoms with Crippen molar-refractivity contribution in [2.75, 3.05) is 20.8 Å². The molecule has 0 spiro atoms. The zero-order valence-corrected chi connectivity index (χ0v) is 17.8. The molecule has 162 valence electrons. The molecule has 31 heavy (non-hydrogen) atoms. The van der Waals surface area contributed by atoms with E-state index in [2.05, 4.69) is 22.4 Å². The first-order chi connectivity index (χ1) is 15.1. The van der Waals surface area contributed by atoms with Gasteiger partial charge in [-0.1, -0.05) is 12.1 Å². The molecule has 1 aliphatic heterocycles. The number of hydrogen-bond donors (Lipinski definition) is 2. The zero-order chi connectivity index (χ0) is 21.5. The second kappa shape index (κ2) is 7.89. The summed E-state index contributed by atoms with van der Waals surface area (Å²) in [7, 11) is 3.28. The highest BCUT2D eigenvalue weighted by molar-refractivity contribution is 5.78. The Labute approximate surface area is 180 Å². The molecule has 0 amide bonds. The second-order valence-corrected chi connectivity index (χ2v) is 8.45. The van der Waals surface area contributed by atoms with Crippen molar-refractivity contribution >= 4 is 10.9 Å². The third-order valence-corrected chi connectivity index (χ3v) is 6.95. The first kappa shape index (κ1) is 19.9. The van der Waals surface area contributed by atoms with Crippen molar-refractivity contribution in [3.63, 3.8) is 0 Å². The van der Waals surface area contributed by atoms with Crippen LogP contribution in [0.3, 0.4) is 0 Å². The molecule has 2 heterocycles. The van der Waals surface area contributed by atoms with Gasteiger partial charge in [-0.3, -0.25) is 9.36 Å². The van der Waals surface area contributed by atoms with Crippen molar-refractivity contribution in [3.8, 4) is 11.5 Å². The number of H-pyrrole nitrogens is 1. The number of nitrogens with one attached hydrogen (secondary N) is 2. The molecule has 2 N–H and O–H groups in total. The number of methoxy groups -OCH3 is 2. The Morgan fingerprint density at radius 1 is 1.13 bits per heavy atom. The summed E-state index contributed by atoms with van der Waals surface area (Å²) < 4.78 is 12.1. The molecule has 3 unspecified atom stereocenters. The normalized spacial score (nSPS) is 22.2.